The summed E-state index contributed by atoms with van der Waals surface area (Å²) in [4.78, 5) is 22.2. The summed E-state index contributed by atoms with van der Waals surface area (Å²) in [6.45, 7) is 3.97. The van der Waals surface area contributed by atoms with Gasteiger partial charge in [0.15, 0.2) is 0 Å². The van der Waals surface area contributed by atoms with Crippen molar-refractivity contribution >= 4 is 12.3 Å². The lowest BCUT2D eigenvalue weighted by Crippen LogP contribution is -2.39. The molecule has 4 atom stereocenters. The highest BCUT2D eigenvalue weighted by molar-refractivity contribution is 5.77. The number of fused-ring (bicyclic) bond motifs is 4. The molecular formula is C20H30O4. The Bertz CT molecular complexity index is 510. The van der Waals surface area contributed by atoms with Crippen molar-refractivity contribution in [3.8, 4) is 0 Å². The van der Waals surface area contributed by atoms with Crippen LogP contribution in [0.5, 0.6) is 0 Å². The van der Waals surface area contributed by atoms with Crippen LogP contribution in [-0.4, -0.2) is 29.6 Å². The van der Waals surface area contributed by atoms with E-state index in [9.17, 15) is 14.7 Å². The van der Waals surface area contributed by atoms with Gasteiger partial charge in [0.05, 0.1) is 11.5 Å². The van der Waals surface area contributed by atoms with E-state index in [0.717, 1.165) is 51.2 Å². The molecule has 2 aliphatic carbocycles. The first kappa shape index (κ1) is 18.9. The third-order valence-electron chi connectivity index (χ3n) is 5.45. The van der Waals surface area contributed by atoms with Gasteiger partial charge in [-0.3, -0.25) is 4.79 Å². The average molecular weight is 334 g/mol. The Morgan fingerprint density at radius 3 is 2.67 bits per heavy atom. The number of esters is 1. The van der Waals surface area contributed by atoms with Crippen LogP contribution in [0.1, 0.15) is 65.2 Å². The Balaban J connectivity index is 0.000000174. The first-order chi connectivity index (χ1) is 11.4. The minimum atomic E-state index is -0.357. The number of aldehydes is 1. The number of aliphatic hydroxyl groups excluding tert-OH is 1. The van der Waals surface area contributed by atoms with E-state index in [1.165, 1.54) is 0 Å². The van der Waals surface area contributed by atoms with Crippen molar-refractivity contribution in [1.82, 2.24) is 0 Å². The lowest BCUT2D eigenvalue weighted by atomic mass is 9.77. The number of rotatable bonds is 1. The molecule has 24 heavy (non-hydrogen) atoms. The lowest BCUT2D eigenvalue weighted by molar-refractivity contribution is -0.168. The summed E-state index contributed by atoms with van der Waals surface area (Å²) >= 11 is 0. The van der Waals surface area contributed by atoms with E-state index in [2.05, 4.69) is 12.2 Å². The molecule has 134 valence electrons. The summed E-state index contributed by atoms with van der Waals surface area (Å²) in [5.41, 5.74) is -0.445. The van der Waals surface area contributed by atoms with Gasteiger partial charge in [0.2, 0.25) is 0 Å². The highest BCUT2D eigenvalue weighted by Gasteiger charge is 2.40. The molecule has 4 nitrogen and oxygen atoms in total. The first-order valence-corrected chi connectivity index (χ1v) is 9.04. The molecule has 2 bridgehead atoms. The van der Waals surface area contributed by atoms with Crippen LogP contribution in [0.15, 0.2) is 24.3 Å². The third kappa shape index (κ3) is 5.04. The Kier molecular flexibility index (Phi) is 6.39. The van der Waals surface area contributed by atoms with E-state index in [1.54, 1.807) is 0 Å². The van der Waals surface area contributed by atoms with E-state index >= 15 is 0 Å². The average Bonchev–Trinajstić information content (AvgIpc) is 2.54. The maximum Gasteiger partial charge on any atom is 0.312 e. The zero-order chi connectivity index (χ0) is 17.6. The van der Waals surface area contributed by atoms with E-state index < -0.39 is 0 Å². The van der Waals surface area contributed by atoms with Gasteiger partial charge in [-0.1, -0.05) is 31.2 Å². The molecule has 0 aromatic heterocycles. The topological polar surface area (TPSA) is 63.6 Å². The third-order valence-corrected chi connectivity index (χ3v) is 5.45. The zero-order valence-corrected chi connectivity index (χ0v) is 14.9. The maximum absolute atomic E-state index is 11.5. The van der Waals surface area contributed by atoms with E-state index in [-0.39, 0.29) is 29.0 Å². The Labute approximate surface area is 145 Å². The van der Waals surface area contributed by atoms with Crippen molar-refractivity contribution in [3.63, 3.8) is 0 Å². The second-order valence-electron chi connectivity index (χ2n) is 7.88. The van der Waals surface area contributed by atoms with Crippen LogP contribution >= 0.6 is 0 Å². The number of carbonyl (C=O) groups excluding carboxylic acids is 2. The molecule has 2 heterocycles. The minimum absolute atomic E-state index is 0.00287. The van der Waals surface area contributed by atoms with Gasteiger partial charge in [0.25, 0.3) is 0 Å². The summed E-state index contributed by atoms with van der Waals surface area (Å²) < 4.78 is 5.30. The summed E-state index contributed by atoms with van der Waals surface area (Å²) in [6.07, 6.45) is 15.9. The molecule has 0 aromatic rings. The van der Waals surface area contributed by atoms with Gasteiger partial charge in [-0.15, -0.1) is 0 Å². The predicted molar refractivity (Wildman–Crippen MR) is 93.4 cm³/mol. The molecule has 1 fully saturated rings. The standard InChI is InChI=1S/C10H14O2.C10H16O2/c1-10-6-3-2-4-8(5-7-10)12-9(10)11;1-10(8-11)6-3-2-4-9(12)5-7-10/h2-3,8H,4-7H2,1H3;2,4,8-9,12H,3,5-7H2,1H3/b3-2-;4-2-. The molecule has 0 radical (unpaired) electrons. The van der Waals surface area contributed by atoms with Gasteiger partial charge < -0.3 is 14.6 Å². The fraction of sp³-hybridized carbons (Fsp3) is 0.700. The summed E-state index contributed by atoms with van der Waals surface area (Å²) in [7, 11) is 0. The van der Waals surface area contributed by atoms with Gasteiger partial charge >= 0.3 is 5.97 Å². The maximum atomic E-state index is 11.5. The molecule has 0 amide bonds. The molecule has 0 saturated carbocycles. The molecule has 1 N–H and O–H groups in total. The van der Waals surface area contributed by atoms with Crippen LogP contribution in [0.3, 0.4) is 0 Å². The minimum Gasteiger partial charge on any atom is -0.462 e. The number of aliphatic hydroxyl groups is 1. The number of ether oxygens (including phenoxy) is 1. The second-order valence-corrected chi connectivity index (χ2v) is 7.88. The molecule has 4 heteroatoms. The zero-order valence-electron chi connectivity index (χ0n) is 14.9. The van der Waals surface area contributed by atoms with Crippen LogP contribution in [0, 0.1) is 10.8 Å². The Morgan fingerprint density at radius 2 is 1.96 bits per heavy atom. The van der Waals surface area contributed by atoms with Crippen molar-refractivity contribution in [3.05, 3.63) is 24.3 Å². The van der Waals surface area contributed by atoms with Crippen LogP contribution in [0.4, 0.5) is 0 Å². The molecule has 4 rings (SSSR count). The van der Waals surface area contributed by atoms with Crippen molar-refractivity contribution in [2.75, 3.05) is 0 Å². The number of carbonyl (C=O) groups is 2. The van der Waals surface area contributed by atoms with Gasteiger partial charge in [0.1, 0.15) is 12.4 Å². The van der Waals surface area contributed by atoms with Crippen LogP contribution in [0.25, 0.3) is 0 Å². The lowest BCUT2D eigenvalue weighted by Gasteiger charge is -2.36. The number of allylic oxidation sites excluding steroid dienone is 2. The van der Waals surface area contributed by atoms with Crippen LogP contribution in [-0.2, 0) is 14.3 Å². The highest BCUT2D eigenvalue weighted by Crippen LogP contribution is 2.38. The SMILES string of the molecule is CC1(C=O)CC/C=C\C(O)CC1.CC12C/C=C\CC(CC1)OC2=O. The Hall–Kier alpha value is -1.42. The summed E-state index contributed by atoms with van der Waals surface area (Å²) in [5.74, 6) is 0.00287. The predicted octanol–water partition coefficient (Wildman–Crippen LogP) is 3.73. The van der Waals surface area contributed by atoms with Crippen molar-refractivity contribution in [2.24, 2.45) is 10.8 Å². The molecule has 0 spiro atoms. The van der Waals surface area contributed by atoms with Gasteiger partial charge in [-0.2, -0.15) is 0 Å². The molecule has 4 unspecified atom stereocenters. The van der Waals surface area contributed by atoms with Crippen LogP contribution in [0.2, 0.25) is 0 Å². The fourth-order valence-electron chi connectivity index (χ4n) is 3.36. The second kappa shape index (κ2) is 8.11. The van der Waals surface area contributed by atoms with Crippen molar-refractivity contribution < 1.29 is 19.4 Å². The normalized spacial score (nSPS) is 41.4. The molecule has 0 aromatic carbocycles. The summed E-state index contributed by atoms with van der Waals surface area (Å²) in [5, 5.41) is 9.34. The van der Waals surface area contributed by atoms with E-state index in [4.69, 9.17) is 4.74 Å². The monoisotopic (exact) mass is 334 g/mol. The van der Waals surface area contributed by atoms with Crippen molar-refractivity contribution in [1.29, 1.82) is 0 Å². The van der Waals surface area contributed by atoms with E-state index in [1.807, 2.05) is 26.0 Å². The van der Waals surface area contributed by atoms with Gasteiger partial charge in [-0.05, 0) is 51.9 Å². The highest BCUT2D eigenvalue weighted by atomic mass is 16.5. The molecular weight excluding hydrogens is 304 g/mol. The quantitative estimate of drug-likeness (QED) is 0.451. The Morgan fingerprint density at radius 1 is 1.17 bits per heavy atom. The summed E-state index contributed by atoms with van der Waals surface area (Å²) in [6, 6.07) is 0. The smallest absolute Gasteiger partial charge is 0.312 e. The molecule has 1 saturated heterocycles. The van der Waals surface area contributed by atoms with Gasteiger partial charge in [-0.25, -0.2) is 0 Å². The van der Waals surface area contributed by atoms with E-state index in [0.29, 0.717) is 6.42 Å². The largest absolute Gasteiger partial charge is 0.462 e. The van der Waals surface area contributed by atoms with Crippen LogP contribution < -0.4 is 0 Å². The first-order valence-electron chi connectivity index (χ1n) is 9.04. The molecule has 2 aliphatic heterocycles. The van der Waals surface area contributed by atoms with Crippen molar-refractivity contribution in [2.45, 2.75) is 77.4 Å². The fourth-order valence-corrected chi connectivity index (χ4v) is 3.36. The molecule has 4 aliphatic rings. The number of hydrogen-bond acceptors (Lipinski definition) is 4. The van der Waals surface area contributed by atoms with Gasteiger partial charge in [0, 0.05) is 11.8 Å². The number of hydrogen-bond donors (Lipinski definition) is 1.